The molecule has 1 heterocycles. The Morgan fingerprint density at radius 3 is 1.95 bits per heavy atom. The second-order valence-electron chi connectivity index (χ2n) is 11.6. The fourth-order valence-corrected chi connectivity index (χ4v) is 3.48. The molecule has 3 rings (SSSR count). The number of alkyl carbamates (subject to hydrolysis) is 1. The van der Waals surface area contributed by atoms with Gasteiger partial charge in [0.2, 0.25) is 0 Å². The van der Waals surface area contributed by atoms with Crippen molar-refractivity contribution in [3.8, 4) is 11.3 Å². The molecule has 0 aliphatic heterocycles. The molecule has 0 spiro atoms. The fourth-order valence-electron chi connectivity index (χ4n) is 3.48. The summed E-state index contributed by atoms with van der Waals surface area (Å²) in [5.74, 6) is 0. The predicted molar refractivity (Wildman–Crippen MR) is 161 cm³/mol. The SMILES string of the molecule is CC(C)(C)OC(=O)NCC(O)CN(Cc1ccc(-c2ccccn2)cc1)NC(=O)OC(C)(C)C.Cc1ccccc1. The van der Waals surface area contributed by atoms with E-state index in [1.54, 1.807) is 52.7 Å². The molecule has 0 aliphatic carbocycles. The number of carbonyl (C=O) groups is 2. The zero-order valence-corrected chi connectivity index (χ0v) is 25.2. The number of benzene rings is 2. The third kappa shape index (κ3) is 14.9. The lowest BCUT2D eigenvalue weighted by atomic mass is 10.1. The van der Waals surface area contributed by atoms with E-state index in [-0.39, 0.29) is 13.1 Å². The molecular weight excluding hydrogens is 520 g/mol. The van der Waals surface area contributed by atoms with Crippen molar-refractivity contribution < 1.29 is 24.2 Å². The lowest BCUT2D eigenvalue weighted by molar-refractivity contribution is 0.0185. The van der Waals surface area contributed by atoms with Gasteiger partial charge in [0.25, 0.3) is 0 Å². The minimum atomic E-state index is -0.963. The molecule has 3 aromatic rings. The summed E-state index contributed by atoms with van der Waals surface area (Å²) in [5, 5.41) is 14.6. The van der Waals surface area contributed by atoms with Crippen LogP contribution in [0.4, 0.5) is 9.59 Å². The number of carbonyl (C=O) groups excluding carboxylic acids is 2. The van der Waals surface area contributed by atoms with Crippen LogP contribution in [0.25, 0.3) is 11.3 Å². The summed E-state index contributed by atoms with van der Waals surface area (Å²) in [5.41, 5.74) is 5.43. The molecule has 2 amide bonds. The summed E-state index contributed by atoms with van der Waals surface area (Å²) < 4.78 is 10.5. The van der Waals surface area contributed by atoms with Crippen LogP contribution in [0.2, 0.25) is 0 Å². The molecule has 1 atom stereocenters. The molecule has 41 heavy (non-hydrogen) atoms. The lowest BCUT2D eigenvalue weighted by Crippen LogP contribution is -2.49. The van der Waals surface area contributed by atoms with Crippen LogP contribution in [0.1, 0.15) is 52.7 Å². The van der Waals surface area contributed by atoms with Crippen molar-refractivity contribution >= 4 is 12.2 Å². The topological polar surface area (TPSA) is 113 Å². The zero-order valence-electron chi connectivity index (χ0n) is 25.2. The van der Waals surface area contributed by atoms with Gasteiger partial charge in [0.1, 0.15) is 11.2 Å². The molecule has 0 bridgehead atoms. The van der Waals surface area contributed by atoms with E-state index in [1.165, 1.54) is 5.56 Å². The number of nitrogens with zero attached hydrogens (tertiary/aromatic N) is 2. The highest BCUT2D eigenvalue weighted by Crippen LogP contribution is 2.18. The van der Waals surface area contributed by atoms with Crippen molar-refractivity contribution in [2.75, 3.05) is 13.1 Å². The van der Waals surface area contributed by atoms with Gasteiger partial charge in [-0.3, -0.25) is 10.4 Å². The van der Waals surface area contributed by atoms with Crippen LogP contribution in [0, 0.1) is 6.92 Å². The molecular formula is C32H44N4O5. The number of aliphatic hydroxyl groups excluding tert-OH is 1. The Kier molecular flexibility index (Phi) is 12.8. The van der Waals surface area contributed by atoms with Gasteiger partial charge < -0.3 is 19.9 Å². The molecule has 1 unspecified atom stereocenters. The Labute approximate surface area is 243 Å². The number of amides is 2. The Morgan fingerprint density at radius 1 is 0.854 bits per heavy atom. The number of pyridine rings is 1. The van der Waals surface area contributed by atoms with E-state index >= 15 is 0 Å². The van der Waals surface area contributed by atoms with Gasteiger partial charge in [0.15, 0.2) is 0 Å². The molecule has 0 saturated carbocycles. The van der Waals surface area contributed by atoms with Crippen LogP contribution >= 0.6 is 0 Å². The second-order valence-corrected chi connectivity index (χ2v) is 11.6. The third-order valence-electron chi connectivity index (χ3n) is 5.19. The molecule has 222 valence electrons. The average molecular weight is 565 g/mol. The van der Waals surface area contributed by atoms with Gasteiger partial charge >= 0.3 is 12.2 Å². The van der Waals surface area contributed by atoms with Crippen LogP contribution in [-0.2, 0) is 16.0 Å². The molecule has 3 N–H and O–H groups in total. The van der Waals surface area contributed by atoms with Crippen LogP contribution in [0.3, 0.4) is 0 Å². The Balaban J connectivity index is 0.000000729. The van der Waals surface area contributed by atoms with Crippen molar-refractivity contribution in [2.24, 2.45) is 0 Å². The van der Waals surface area contributed by atoms with E-state index in [2.05, 4.69) is 34.8 Å². The van der Waals surface area contributed by atoms with Crippen LogP contribution in [0.5, 0.6) is 0 Å². The zero-order chi connectivity index (χ0) is 30.5. The summed E-state index contributed by atoms with van der Waals surface area (Å²) >= 11 is 0. The molecule has 0 radical (unpaired) electrons. The number of hydrazine groups is 1. The minimum Gasteiger partial charge on any atom is -0.444 e. The Hall–Kier alpha value is -3.95. The second kappa shape index (κ2) is 15.7. The van der Waals surface area contributed by atoms with Crippen LogP contribution < -0.4 is 10.7 Å². The quantitative estimate of drug-likeness (QED) is 0.293. The first-order valence-corrected chi connectivity index (χ1v) is 13.6. The first-order valence-electron chi connectivity index (χ1n) is 13.6. The van der Waals surface area contributed by atoms with Gasteiger partial charge in [-0.2, -0.15) is 0 Å². The molecule has 0 fully saturated rings. The molecule has 2 aromatic carbocycles. The largest absolute Gasteiger partial charge is 0.444 e. The van der Waals surface area contributed by atoms with Crippen molar-refractivity contribution in [1.29, 1.82) is 0 Å². The van der Waals surface area contributed by atoms with Crippen LogP contribution in [-0.4, -0.2) is 57.7 Å². The van der Waals surface area contributed by atoms with Gasteiger partial charge in [-0.1, -0.05) is 66.2 Å². The summed E-state index contributed by atoms with van der Waals surface area (Å²) in [6.07, 6.45) is -0.480. The van der Waals surface area contributed by atoms with Gasteiger partial charge in [-0.15, -0.1) is 0 Å². The maximum absolute atomic E-state index is 12.3. The molecule has 1 aromatic heterocycles. The minimum absolute atomic E-state index is 0.0416. The summed E-state index contributed by atoms with van der Waals surface area (Å²) in [7, 11) is 0. The van der Waals surface area contributed by atoms with Crippen LogP contribution in [0.15, 0.2) is 79.0 Å². The molecule has 0 aliphatic rings. The lowest BCUT2D eigenvalue weighted by Gasteiger charge is -2.28. The van der Waals surface area contributed by atoms with E-state index in [4.69, 9.17) is 9.47 Å². The maximum Gasteiger partial charge on any atom is 0.422 e. The monoisotopic (exact) mass is 564 g/mol. The number of hydrogen-bond donors (Lipinski definition) is 3. The number of aryl methyl sites for hydroxylation is 1. The number of aromatic nitrogens is 1. The van der Waals surface area contributed by atoms with E-state index in [9.17, 15) is 14.7 Å². The highest BCUT2D eigenvalue weighted by molar-refractivity contribution is 5.68. The van der Waals surface area contributed by atoms with E-state index in [0.717, 1.165) is 16.8 Å². The van der Waals surface area contributed by atoms with Crippen molar-refractivity contribution in [3.05, 3.63) is 90.1 Å². The highest BCUT2D eigenvalue weighted by Gasteiger charge is 2.22. The van der Waals surface area contributed by atoms with Gasteiger partial charge in [0, 0.05) is 31.4 Å². The Morgan fingerprint density at radius 2 is 1.44 bits per heavy atom. The number of rotatable bonds is 8. The summed E-state index contributed by atoms with van der Waals surface area (Å²) in [4.78, 5) is 28.6. The average Bonchev–Trinajstić information content (AvgIpc) is 2.87. The van der Waals surface area contributed by atoms with Gasteiger partial charge in [-0.25, -0.2) is 14.6 Å². The molecule has 0 saturated heterocycles. The smallest absolute Gasteiger partial charge is 0.422 e. The third-order valence-corrected chi connectivity index (χ3v) is 5.19. The highest BCUT2D eigenvalue weighted by atomic mass is 16.6. The number of hydrogen-bond acceptors (Lipinski definition) is 7. The summed E-state index contributed by atoms with van der Waals surface area (Å²) in [6, 6.07) is 23.7. The van der Waals surface area contributed by atoms with E-state index < -0.39 is 29.5 Å². The predicted octanol–water partition coefficient (Wildman–Crippen LogP) is 5.87. The Bertz CT molecular complexity index is 1190. The standard InChI is InChI=1S/C25H36N4O5.C7H8/c1-24(2,3)33-22(31)27-15-20(30)17-29(28-23(32)34-25(4,5)6)16-18-10-12-19(13-11-18)21-9-7-8-14-26-21;1-7-5-3-2-4-6-7/h7-14,20,30H,15-17H2,1-6H3,(H,27,31)(H,28,32);2-6H,1H3. The van der Waals surface area contributed by atoms with Gasteiger partial charge in [-0.05, 0) is 66.2 Å². The first kappa shape index (κ1) is 33.3. The van der Waals surface area contributed by atoms with E-state index in [1.807, 2.05) is 60.7 Å². The maximum atomic E-state index is 12.3. The van der Waals surface area contributed by atoms with E-state index in [0.29, 0.717) is 6.54 Å². The number of aliphatic hydroxyl groups is 1. The number of ether oxygens (including phenoxy) is 2. The number of nitrogens with one attached hydrogen (secondary N) is 2. The normalized spacial score (nSPS) is 12.0. The van der Waals surface area contributed by atoms with Crippen molar-refractivity contribution in [1.82, 2.24) is 20.7 Å². The summed E-state index contributed by atoms with van der Waals surface area (Å²) in [6.45, 7) is 13.0. The molecule has 9 heteroatoms. The van der Waals surface area contributed by atoms with Crippen molar-refractivity contribution in [2.45, 2.75) is 72.3 Å². The first-order chi connectivity index (χ1) is 19.2. The molecule has 9 nitrogen and oxygen atoms in total. The fraction of sp³-hybridized carbons (Fsp3) is 0.406. The van der Waals surface area contributed by atoms with Crippen molar-refractivity contribution in [3.63, 3.8) is 0 Å². The van der Waals surface area contributed by atoms with Gasteiger partial charge in [0.05, 0.1) is 11.8 Å².